The summed E-state index contributed by atoms with van der Waals surface area (Å²) in [5.74, 6) is 3.48. The van der Waals surface area contributed by atoms with E-state index in [4.69, 9.17) is 0 Å². The van der Waals surface area contributed by atoms with Crippen LogP contribution in [0.1, 0.15) is 20.8 Å². The molecule has 1 saturated heterocycles. The van der Waals surface area contributed by atoms with E-state index < -0.39 is 0 Å². The van der Waals surface area contributed by atoms with Crippen molar-refractivity contribution in [1.29, 1.82) is 0 Å². The van der Waals surface area contributed by atoms with Gasteiger partial charge in [-0.25, -0.2) is 0 Å². The number of nitrogens with zero attached hydrogens (tertiary/aromatic N) is 1. The normalized spacial score (nSPS) is 45.4. The molecule has 2 rings (SSSR count). The van der Waals surface area contributed by atoms with Crippen molar-refractivity contribution in [2.75, 3.05) is 20.1 Å². The van der Waals surface area contributed by atoms with Crippen LogP contribution in [0.2, 0.25) is 0 Å². The second kappa shape index (κ2) is 3.13. The Morgan fingerprint density at radius 3 is 2.00 bits per heavy atom. The van der Waals surface area contributed by atoms with Gasteiger partial charge in [0.05, 0.1) is 0 Å². The standard InChI is InChI=1S/C12H21N/c1-5-10-11-6-13(4)7-12(10)9(3)8(11)2/h5,8-9,11-12H,6-7H2,1-4H3. The lowest BCUT2D eigenvalue weighted by Crippen LogP contribution is -2.35. The number of rotatable bonds is 0. The smallest absolute Gasteiger partial charge is 0.00470 e. The van der Waals surface area contributed by atoms with Crippen molar-refractivity contribution in [2.45, 2.75) is 20.8 Å². The van der Waals surface area contributed by atoms with Crippen molar-refractivity contribution >= 4 is 0 Å². The number of fused-ring (bicyclic) bond motifs is 2. The molecule has 2 fully saturated rings. The van der Waals surface area contributed by atoms with E-state index in [2.05, 4.69) is 38.8 Å². The van der Waals surface area contributed by atoms with Crippen molar-refractivity contribution in [3.8, 4) is 0 Å². The summed E-state index contributed by atoms with van der Waals surface area (Å²) in [4.78, 5) is 2.50. The van der Waals surface area contributed by atoms with Crippen LogP contribution in [-0.2, 0) is 0 Å². The van der Waals surface area contributed by atoms with Gasteiger partial charge in [-0.2, -0.15) is 0 Å². The number of piperidine rings is 1. The van der Waals surface area contributed by atoms with E-state index in [0.29, 0.717) is 0 Å². The molecule has 0 radical (unpaired) electrons. The Balaban J connectivity index is 2.30. The molecule has 0 aromatic carbocycles. The summed E-state index contributed by atoms with van der Waals surface area (Å²) in [6, 6.07) is 0. The second-order valence-corrected chi connectivity index (χ2v) is 4.94. The molecule has 4 unspecified atom stereocenters. The third-order valence-corrected chi connectivity index (χ3v) is 4.31. The topological polar surface area (TPSA) is 3.24 Å². The third kappa shape index (κ3) is 1.25. The van der Waals surface area contributed by atoms with E-state index in [1.165, 1.54) is 13.1 Å². The minimum atomic E-state index is 0.851. The zero-order valence-electron chi connectivity index (χ0n) is 9.25. The molecule has 0 amide bonds. The molecule has 2 bridgehead atoms. The van der Waals surface area contributed by atoms with Crippen LogP contribution in [0.4, 0.5) is 0 Å². The number of allylic oxidation sites excluding steroid dienone is 1. The van der Waals surface area contributed by atoms with Gasteiger partial charge in [0.25, 0.3) is 0 Å². The van der Waals surface area contributed by atoms with Crippen LogP contribution < -0.4 is 0 Å². The molecule has 1 heteroatoms. The van der Waals surface area contributed by atoms with Crippen molar-refractivity contribution < 1.29 is 0 Å². The molecule has 4 atom stereocenters. The van der Waals surface area contributed by atoms with E-state index in [1.54, 1.807) is 5.57 Å². The molecule has 0 spiro atoms. The Morgan fingerprint density at radius 2 is 1.62 bits per heavy atom. The van der Waals surface area contributed by atoms with Crippen LogP contribution >= 0.6 is 0 Å². The lowest BCUT2D eigenvalue weighted by atomic mass is 9.89. The molecule has 0 N–H and O–H groups in total. The van der Waals surface area contributed by atoms with Gasteiger partial charge in [-0.15, -0.1) is 0 Å². The monoisotopic (exact) mass is 179 g/mol. The van der Waals surface area contributed by atoms with Gasteiger partial charge in [0.15, 0.2) is 0 Å². The highest BCUT2D eigenvalue weighted by Gasteiger charge is 2.45. The number of hydrogen-bond acceptors (Lipinski definition) is 1. The van der Waals surface area contributed by atoms with Gasteiger partial charge in [0.1, 0.15) is 0 Å². The Bertz CT molecular complexity index is 211. The first-order valence-electron chi connectivity index (χ1n) is 5.49. The van der Waals surface area contributed by atoms with Crippen molar-refractivity contribution in [3.05, 3.63) is 11.6 Å². The molecule has 0 aromatic rings. The van der Waals surface area contributed by atoms with Crippen LogP contribution in [0.15, 0.2) is 11.6 Å². The van der Waals surface area contributed by atoms with Gasteiger partial charge in [-0.05, 0) is 37.6 Å². The molecule has 1 aliphatic heterocycles. The second-order valence-electron chi connectivity index (χ2n) is 4.94. The molecular formula is C12H21N. The summed E-state index contributed by atoms with van der Waals surface area (Å²) in [5.41, 5.74) is 1.75. The highest BCUT2D eigenvalue weighted by atomic mass is 15.1. The maximum absolute atomic E-state index is 2.50. The van der Waals surface area contributed by atoms with Gasteiger partial charge < -0.3 is 4.90 Å². The summed E-state index contributed by atoms with van der Waals surface area (Å²) in [6.07, 6.45) is 2.38. The van der Waals surface area contributed by atoms with Crippen LogP contribution in [0.25, 0.3) is 0 Å². The molecule has 1 heterocycles. The molecule has 74 valence electrons. The SMILES string of the molecule is CC=C1C2CN(C)CC1C(C)C2C. The van der Waals surface area contributed by atoms with Crippen LogP contribution in [0.3, 0.4) is 0 Å². The van der Waals surface area contributed by atoms with Crippen molar-refractivity contribution in [1.82, 2.24) is 4.90 Å². The van der Waals surface area contributed by atoms with Gasteiger partial charge in [-0.1, -0.05) is 25.5 Å². The van der Waals surface area contributed by atoms with Gasteiger partial charge >= 0.3 is 0 Å². The maximum Gasteiger partial charge on any atom is 0.00470 e. The van der Waals surface area contributed by atoms with E-state index >= 15 is 0 Å². The Hall–Kier alpha value is -0.300. The molecule has 1 aliphatic carbocycles. The molecule has 2 aliphatic rings. The van der Waals surface area contributed by atoms with Gasteiger partial charge in [0.2, 0.25) is 0 Å². The largest absolute Gasteiger partial charge is 0.305 e. The third-order valence-electron chi connectivity index (χ3n) is 4.31. The summed E-state index contributed by atoms with van der Waals surface area (Å²) >= 11 is 0. The predicted molar refractivity (Wildman–Crippen MR) is 56.6 cm³/mol. The fraction of sp³-hybridized carbons (Fsp3) is 0.833. The first kappa shape index (κ1) is 9.26. The summed E-state index contributed by atoms with van der Waals surface area (Å²) in [5, 5.41) is 0. The van der Waals surface area contributed by atoms with Crippen LogP contribution in [-0.4, -0.2) is 25.0 Å². The Morgan fingerprint density at radius 1 is 1.15 bits per heavy atom. The molecule has 1 saturated carbocycles. The predicted octanol–water partition coefficient (Wildman–Crippen LogP) is 2.40. The van der Waals surface area contributed by atoms with Crippen LogP contribution in [0.5, 0.6) is 0 Å². The van der Waals surface area contributed by atoms with E-state index in [0.717, 1.165) is 23.7 Å². The molecule has 0 aromatic heterocycles. The minimum Gasteiger partial charge on any atom is -0.305 e. The fourth-order valence-corrected chi connectivity index (χ4v) is 3.33. The minimum absolute atomic E-state index is 0.851. The van der Waals surface area contributed by atoms with E-state index in [-0.39, 0.29) is 0 Å². The Kier molecular flexibility index (Phi) is 2.23. The quantitative estimate of drug-likeness (QED) is 0.516. The lowest BCUT2D eigenvalue weighted by molar-refractivity contribution is 0.242. The summed E-state index contributed by atoms with van der Waals surface area (Å²) < 4.78 is 0. The number of hydrogen-bond donors (Lipinski definition) is 0. The summed E-state index contributed by atoms with van der Waals surface area (Å²) in [7, 11) is 2.26. The Labute approximate surface area is 81.8 Å². The van der Waals surface area contributed by atoms with Crippen molar-refractivity contribution in [3.63, 3.8) is 0 Å². The van der Waals surface area contributed by atoms with Gasteiger partial charge in [-0.3, -0.25) is 0 Å². The van der Waals surface area contributed by atoms with Crippen LogP contribution in [0, 0.1) is 23.7 Å². The van der Waals surface area contributed by atoms with Crippen molar-refractivity contribution in [2.24, 2.45) is 23.7 Å². The fourth-order valence-electron chi connectivity index (χ4n) is 3.33. The van der Waals surface area contributed by atoms with E-state index in [9.17, 15) is 0 Å². The highest BCUT2D eigenvalue weighted by Crippen LogP contribution is 2.48. The average molecular weight is 179 g/mol. The average Bonchev–Trinajstić information content (AvgIpc) is 2.26. The maximum atomic E-state index is 2.50. The summed E-state index contributed by atoms with van der Waals surface area (Å²) in [6.45, 7) is 9.63. The molecule has 13 heavy (non-hydrogen) atoms. The molecular weight excluding hydrogens is 158 g/mol. The molecule has 1 nitrogen and oxygen atoms in total. The van der Waals surface area contributed by atoms with Gasteiger partial charge in [0, 0.05) is 13.1 Å². The zero-order valence-corrected chi connectivity index (χ0v) is 9.25. The first-order valence-corrected chi connectivity index (χ1v) is 5.49. The number of likely N-dealkylation sites (tertiary alicyclic amines) is 1. The first-order chi connectivity index (χ1) is 6.15. The lowest BCUT2D eigenvalue weighted by Gasteiger charge is -2.32. The van der Waals surface area contributed by atoms with E-state index in [1.807, 2.05) is 0 Å². The zero-order chi connectivity index (χ0) is 9.59. The highest BCUT2D eigenvalue weighted by molar-refractivity contribution is 5.22.